The first-order chi connectivity index (χ1) is 16.4. The molecule has 1 amide bonds. The second-order valence-corrected chi connectivity index (χ2v) is 10.8. The van der Waals surface area contributed by atoms with E-state index >= 15 is 0 Å². The summed E-state index contributed by atoms with van der Waals surface area (Å²) in [7, 11) is -2.34. The van der Waals surface area contributed by atoms with Crippen LogP contribution in [0.3, 0.4) is 0 Å². The molecule has 34 heavy (non-hydrogen) atoms. The number of sulfonamides is 1. The minimum Gasteiger partial charge on any atom is -0.490 e. The Hall–Kier alpha value is -3.10. The molecule has 7 nitrogen and oxygen atoms in total. The van der Waals surface area contributed by atoms with E-state index in [9.17, 15) is 13.2 Å². The Kier molecular flexibility index (Phi) is 6.18. The van der Waals surface area contributed by atoms with Crippen LogP contribution >= 0.6 is 0 Å². The molecule has 178 valence electrons. The summed E-state index contributed by atoms with van der Waals surface area (Å²) in [5, 5.41) is 1.81. The molecule has 3 aromatic carbocycles. The Bertz CT molecular complexity index is 1320. The molecule has 0 N–H and O–H groups in total. The predicted octanol–water partition coefficient (Wildman–Crippen LogP) is 3.99. The molecule has 0 aliphatic carbocycles. The van der Waals surface area contributed by atoms with Gasteiger partial charge in [0.2, 0.25) is 15.9 Å². The third-order valence-electron chi connectivity index (χ3n) is 6.52. The van der Waals surface area contributed by atoms with Crippen LogP contribution in [0.4, 0.5) is 0 Å². The lowest BCUT2D eigenvalue weighted by atomic mass is 10.0. The van der Waals surface area contributed by atoms with E-state index in [1.165, 1.54) is 7.05 Å². The van der Waals surface area contributed by atoms with Crippen molar-refractivity contribution in [2.45, 2.75) is 30.2 Å². The van der Waals surface area contributed by atoms with E-state index in [0.717, 1.165) is 45.7 Å². The highest BCUT2D eigenvalue weighted by Crippen LogP contribution is 2.38. The largest absolute Gasteiger partial charge is 0.490 e. The molecular formula is C26H28N2O5S. The van der Waals surface area contributed by atoms with Gasteiger partial charge in [0.1, 0.15) is 0 Å². The Morgan fingerprint density at radius 2 is 1.74 bits per heavy atom. The van der Waals surface area contributed by atoms with Crippen LogP contribution in [-0.4, -0.2) is 56.9 Å². The van der Waals surface area contributed by atoms with Crippen molar-refractivity contribution in [1.82, 2.24) is 9.21 Å². The summed E-state index contributed by atoms with van der Waals surface area (Å²) in [6.07, 6.45) is 2.52. The van der Waals surface area contributed by atoms with Crippen LogP contribution < -0.4 is 9.47 Å². The summed E-state index contributed by atoms with van der Waals surface area (Å²) in [4.78, 5) is 15.2. The number of carbonyl (C=O) groups is 1. The maximum absolute atomic E-state index is 13.2. The molecule has 1 unspecified atom stereocenters. The number of hydrogen-bond acceptors (Lipinski definition) is 5. The number of hydrogen-bond donors (Lipinski definition) is 0. The fraction of sp³-hybridized carbons (Fsp3) is 0.346. The van der Waals surface area contributed by atoms with Crippen molar-refractivity contribution in [1.29, 1.82) is 0 Å². The molecule has 2 aliphatic heterocycles. The van der Waals surface area contributed by atoms with E-state index in [-0.39, 0.29) is 23.4 Å². The molecule has 0 saturated carbocycles. The first kappa shape index (κ1) is 22.7. The standard InChI is InChI=1S/C26H28N2O5S/c1-27(34(30,31)22-11-9-19-6-2-3-7-20(19)16-22)18-26(29)28-13-4-8-23(28)21-10-12-24-25(17-21)33-15-5-14-32-24/h2-3,6-7,9-12,16-17,23H,4-5,8,13-15,18H2,1H3. The van der Waals surface area contributed by atoms with Crippen molar-refractivity contribution in [3.63, 3.8) is 0 Å². The zero-order valence-corrected chi connectivity index (χ0v) is 20.0. The van der Waals surface area contributed by atoms with E-state index < -0.39 is 10.0 Å². The van der Waals surface area contributed by atoms with Crippen molar-refractivity contribution in [2.75, 3.05) is 33.4 Å². The lowest BCUT2D eigenvalue weighted by Gasteiger charge is -2.27. The highest BCUT2D eigenvalue weighted by Gasteiger charge is 2.33. The van der Waals surface area contributed by atoms with Crippen molar-refractivity contribution >= 4 is 26.7 Å². The summed E-state index contributed by atoms with van der Waals surface area (Å²) in [5.74, 6) is 1.21. The van der Waals surface area contributed by atoms with E-state index in [4.69, 9.17) is 9.47 Å². The molecule has 5 rings (SSSR count). The smallest absolute Gasteiger partial charge is 0.243 e. The number of likely N-dealkylation sites (N-methyl/N-ethyl adjacent to an activating group) is 1. The maximum Gasteiger partial charge on any atom is 0.243 e. The average Bonchev–Trinajstić information content (AvgIpc) is 3.22. The lowest BCUT2D eigenvalue weighted by molar-refractivity contribution is -0.132. The van der Waals surface area contributed by atoms with Crippen molar-refractivity contribution in [3.8, 4) is 11.5 Å². The number of nitrogens with zero attached hydrogens (tertiary/aromatic N) is 2. The molecule has 1 saturated heterocycles. The molecule has 2 aliphatic rings. The van der Waals surface area contributed by atoms with Gasteiger partial charge in [0, 0.05) is 20.0 Å². The van der Waals surface area contributed by atoms with Gasteiger partial charge in [0.05, 0.1) is 30.7 Å². The summed E-state index contributed by atoms with van der Waals surface area (Å²) >= 11 is 0. The molecule has 0 aromatic heterocycles. The van der Waals surface area contributed by atoms with Gasteiger partial charge in [0.15, 0.2) is 11.5 Å². The Morgan fingerprint density at radius 1 is 0.971 bits per heavy atom. The monoisotopic (exact) mass is 480 g/mol. The number of rotatable bonds is 5. The van der Waals surface area contributed by atoms with E-state index in [0.29, 0.717) is 25.5 Å². The van der Waals surface area contributed by atoms with E-state index in [1.54, 1.807) is 23.1 Å². The van der Waals surface area contributed by atoms with Crippen LogP contribution in [0.2, 0.25) is 0 Å². The fourth-order valence-electron chi connectivity index (χ4n) is 4.67. The van der Waals surface area contributed by atoms with Crippen LogP contribution in [0.15, 0.2) is 65.6 Å². The second kappa shape index (κ2) is 9.27. The average molecular weight is 481 g/mol. The normalized spacial score (nSPS) is 18.3. The molecule has 1 fully saturated rings. The van der Waals surface area contributed by atoms with Gasteiger partial charge in [-0.3, -0.25) is 4.79 Å². The summed E-state index contributed by atoms with van der Waals surface area (Å²) in [5.41, 5.74) is 0.982. The SMILES string of the molecule is CN(CC(=O)N1CCCC1c1ccc2c(c1)OCCCO2)S(=O)(=O)c1ccc2ccccc2c1. The van der Waals surface area contributed by atoms with Crippen LogP contribution in [0.5, 0.6) is 11.5 Å². The van der Waals surface area contributed by atoms with Crippen LogP contribution in [0, 0.1) is 0 Å². The van der Waals surface area contributed by atoms with Gasteiger partial charge in [-0.25, -0.2) is 8.42 Å². The second-order valence-electron chi connectivity index (χ2n) is 8.77. The van der Waals surface area contributed by atoms with E-state index in [1.807, 2.05) is 42.5 Å². The third kappa shape index (κ3) is 4.35. The van der Waals surface area contributed by atoms with Crippen LogP contribution in [0.25, 0.3) is 10.8 Å². The molecule has 8 heteroatoms. The van der Waals surface area contributed by atoms with Gasteiger partial charge in [-0.2, -0.15) is 4.31 Å². The molecule has 2 heterocycles. The highest BCUT2D eigenvalue weighted by atomic mass is 32.2. The van der Waals surface area contributed by atoms with Crippen molar-refractivity contribution < 1.29 is 22.7 Å². The molecular weight excluding hydrogens is 452 g/mol. The number of carbonyl (C=O) groups excluding carboxylic acids is 1. The molecule has 0 radical (unpaired) electrons. The fourth-order valence-corrected chi connectivity index (χ4v) is 5.83. The summed E-state index contributed by atoms with van der Waals surface area (Å²) in [6.45, 7) is 1.61. The first-order valence-corrected chi connectivity index (χ1v) is 13.0. The third-order valence-corrected chi connectivity index (χ3v) is 8.32. The van der Waals surface area contributed by atoms with Crippen LogP contribution in [0.1, 0.15) is 30.9 Å². The number of ether oxygens (including phenoxy) is 2. The van der Waals surface area contributed by atoms with Gasteiger partial charge in [-0.05, 0) is 53.4 Å². The topological polar surface area (TPSA) is 76.2 Å². The minimum absolute atomic E-state index is 0.110. The highest BCUT2D eigenvalue weighted by molar-refractivity contribution is 7.89. The molecule has 0 spiro atoms. The van der Waals surface area contributed by atoms with Gasteiger partial charge < -0.3 is 14.4 Å². The molecule has 3 aromatic rings. The molecule has 1 atom stereocenters. The Labute approximate surface area is 199 Å². The number of fused-ring (bicyclic) bond motifs is 2. The Morgan fingerprint density at radius 3 is 2.56 bits per heavy atom. The van der Waals surface area contributed by atoms with Gasteiger partial charge in [0.25, 0.3) is 0 Å². The maximum atomic E-state index is 13.2. The summed E-state index contributed by atoms with van der Waals surface area (Å²) < 4.78 is 39.1. The Balaban J connectivity index is 1.33. The van der Waals surface area contributed by atoms with Crippen LogP contribution in [-0.2, 0) is 14.8 Å². The van der Waals surface area contributed by atoms with Gasteiger partial charge >= 0.3 is 0 Å². The van der Waals surface area contributed by atoms with Crippen molar-refractivity contribution in [2.24, 2.45) is 0 Å². The van der Waals surface area contributed by atoms with Crippen molar-refractivity contribution in [3.05, 3.63) is 66.2 Å². The van der Waals surface area contributed by atoms with Gasteiger partial charge in [-0.15, -0.1) is 0 Å². The number of benzene rings is 3. The molecule has 0 bridgehead atoms. The zero-order valence-electron chi connectivity index (χ0n) is 19.1. The van der Waals surface area contributed by atoms with E-state index in [2.05, 4.69) is 0 Å². The summed E-state index contributed by atoms with van der Waals surface area (Å²) in [6, 6.07) is 18.3. The number of amides is 1. The predicted molar refractivity (Wildman–Crippen MR) is 130 cm³/mol. The van der Waals surface area contributed by atoms with Gasteiger partial charge in [-0.1, -0.05) is 36.4 Å². The zero-order chi connectivity index (χ0) is 23.7. The lowest BCUT2D eigenvalue weighted by Crippen LogP contribution is -2.40. The quantitative estimate of drug-likeness (QED) is 0.552. The number of likely N-dealkylation sites (tertiary alicyclic amines) is 1. The minimum atomic E-state index is -3.80. The first-order valence-electron chi connectivity index (χ1n) is 11.6.